The van der Waals surface area contributed by atoms with E-state index in [4.69, 9.17) is 5.73 Å². The van der Waals surface area contributed by atoms with Crippen LogP contribution in [0.4, 0.5) is 0 Å². The summed E-state index contributed by atoms with van der Waals surface area (Å²) in [5.41, 5.74) is 7.08. The fraction of sp³-hybridized carbons (Fsp3) is 0.429. The second-order valence-electron chi connectivity index (χ2n) is 2.47. The van der Waals surface area contributed by atoms with Gasteiger partial charge in [0.25, 0.3) is 0 Å². The predicted octanol–water partition coefficient (Wildman–Crippen LogP) is 0.107. The van der Waals surface area contributed by atoms with Crippen molar-refractivity contribution in [3.8, 4) is 0 Å². The van der Waals surface area contributed by atoms with Crippen LogP contribution in [0.25, 0.3) is 0 Å². The van der Waals surface area contributed by atoms with Crippen LogP contribution < -0.4 is 11.1 Å². The number of amides is 1. The van der Waals surface area contributed by atoms with Gasteiger partial charge in [-0.25, -0.2) is 0 Å². The third-order valence-corrected chi connectivity index (χ3v) is 2.11. The standard InChI is InChI=1S/C7H11N3OS/c1-5(8)7(11)10-3-6-2-9-4-12-6/h2,4-5H,3,8H2,1H3,(H,10,11). The van der Waals surface area contributed by atoms with E-state index >= 15 is 0 Å². The van der Waals surface area contributed by atoms with Gasteiger partial charge >= 0.3 is 0 Å². The van der Waals surface area contributed by atoms with Crippen molar-refractivity contribution in [1.29, 1.82) is 0 Å². The molecule has 0 aromatic carbocycles. The lowest BCUT2D eigenvalue weighted by molar-refractivity contribution is -0.122. The van der Waals surface area contributed by atoms with Gasteiger partial charge < -0.3 is 11.1 Å². The van der Waals surface area contributed by atoms with E-state index in [0.29, 0.717) is 6.54 Å². The van der Waals surface area contributed by atoms with Crippen LogP contribution in [0.2, 0.25) is 0 Å². The van der Waals surface area contributed by atoms with Crippen LogP contribution in [-0.2, 0) is 11.3 Å². The smallest absolute Gasteiger partial charge is 0.236 e. The van der Waals surface area contributed by atoms with Crippen molar-refractivity contribution in [2.24, 2.45) is 5.73 Å². The van der Waals surface area contributed by atoms with Gasteiger partial charge in [0.1, 0.15) is 0 Å². The number of aromatic nitrogens is 1. The van der Waals surface area contributed by atoms with Gasteiger partial charge in [-0.15, -0.1) is 11.3 Å². The van der Waals surface area contributed by atoms with Crippen molar-refractivity contribution >= 4 is 17.2 Å². The maximum absolute atomic E-state index is 11.0. The molecule has 12 heavy (non-hydrogen) atoms. The van der Waals surface area contributed by atoms with E-state index < -0.39 is 6.04 Å². The number of hydrogen-bond acceptors (Lipinski definition) is 4. The minimum Gasteiger partial charge on any atom is -0.350 e. The Hall–Kier alpha value is -0.940. The lowest BCUT2D eigenvalue weighted by Gasteiger charge is -2.04. The zero-order chi connectivity index (χ0) is 8.97. The van der Waals surface area contributed by atoms with Gasteiger partial charge in [0.2, 0.25) is 5.91 Å². The minimum atomic E-state index is -0.446. The Morgan fingerprint density at radius 1 is 1.92 bits per heavy atom. The molecule has 1 heterocycles. The molecule has 0 aliphatic carbocycles. The first-order chi connectivity index (χ1) is 5.70. The molecule has 1 amide bonds. The molecular formula is C7H11N3OS. The second-order valence-corrected chi connectivity index (χ2v) is 3.45. The molecule has 0 fully saturated rings. The van der Waals surface area contributed by atoms with Gasteiger partial charge in [-0.05, 0) is 6.92 Å². The number of carbonyl (C=O) groups excluding carboxylic acids is 1. The van der Waals surface area contributed by atoms with Crippen LogP contribution in [0.15, 0.2) is 11.7 Å². The zero-order valence-electron chi connectivity index (χ0n) is 6.78. The molecule has 5 heteroatoms. The van der Waals surface area contributed by atoms with E-state index in [2.05, 4.69) is 10.3 Å². The summed E-state index contributed by atoms with van der Waals surface area (Å²) >= 11 is 1.51. The van der Waals surface area contributed by atoms with Crippen molar-refractivity contribution in [3.63, 3.8) is 0 Å². The highest BCUT2D eigenvalue weighted by atomic mass is 32.1. The van der Waals surface area contributed by atoms with Gasteiger partial charge in [0.15, 0.2) is 0 Å². The van der Waals surface area contributed by atoms with E-state index in [0.717, 1.165) is 4.88 Å². The van der Waals surface area contributed by atoms with Gasteiger partial charge in [-0.2, -0.15) is 0 Å². The summed E-state index contributed by atoms with van der Waals surface area (Å²) in [7, 11) is 0. The molecule has 0 radical (unpaired) electrons. The fourth-order valence-corrected chi connectivity index (χ4v) is 1.20. The summed E-state index contributed by atoms with van der Waals surface area (Å²) in [6.45, 7) is 2.17. The quantitative estimate of drug-likeness (QED) is 0.702. The van der Waals surface area contributed by atoms with Crippen molar-refractivity contribution < 1.29 is 4.79 Å². The zero-order valence-corrected chi connectivity index (χ0v) is 7.60. The van der Waals surface area contributed by atoms with Gasteiger partial charge in [0, 0.05) is 11.1 Å². The van der Waals surface area contributed by atoms with E-state index in [9.17, 15) is 4.79 Å². The first kappa shape index (κ1) is 9.15. The molecule has 0 saturated heterocycles. The highest BCUT2D eigenvalue weighted by Gasteiger charge is 2.05. The normalized spacial score (nSPS) is 12.5. The molecule has 1 unspecified atom stereocenters. The van der Waals surface area contributed by atoms with Gasteiger partial charge in [0.05, 0.1) is 18.1 Å². The summed E-state index contributed by atoms with van der Waals surface area (Å²) in [6, 6.07) is -0.446. The SMILES string of the molecule is CC(N)C(=O)NCc1cncs1. The highest BCUT2D eigenvalue weighted by Crippen LogP contribution is 2.03. The van der Waals surface area contributed by atoms with Crippen LogP contribution in [0.5, 0.6) is 0 Å². The number of nitrogens with one attached hydrogen (secondary N) is 1. The molecule has 0 bridgehead atoms. The summed E-state index contributed by atoms with van der Waals surface area (Å²) in [5.74, 6) is -0.136. The van der Waals surface area contributed by atoms with Crippen LogP contribution in [0, 0.1) is 0 Å². The first-order valence-corrected chi connectivity index (χ1v) is 4.49. The molecule has 0 aliphatic rings. The third kappa shape index (κ3) is 2.60. The number of thiazole rings is 1. The number of rotatable bonds is 3. The van der Waals surface area contributed by atoms with E-state index in [1.165, 1.54) is 11.3 Å². The molecule has 1 aromatic heterocycles. The maximum atomic E-state index is 11.0. The average molecular weight is 185 g/mol. The molecule has 3 N–H and O–H groups in total. The summed E-state index contributed by atoms with van der Waals surface area (Å²) in [4.78, 5) is 15.9. The summed E-state index contributed by atoms with van der Waals surface area (Å²) < 4.78 is 0. The third-order valence-electron chi connectivity index (χ3n) is 1.33. The molecule has 1 rings (SSSR count). The van der Waals surface area contributed by atoms with Gasteiger partial charge in [-0.3, -0.25) is 9.78 Å². The molecule has 0 saturated carbocycles. The molecule has 1 atom stereocenters. The lowest BCUT2D eigenvalue weighted by atomic mass is 10.3. The largest absolute Gasteiger partial charge is 0.350 e. The number of hydrogen-bond donors (Lipinski definition) is 2. The Kier molecular flexibility index (Phi) is 3.19. The Morgan fingerprint density at radius 3 is 3.17 bits per heavy atom. The monoisotopic (exact) mass is 185 g/mol. The summed E-state index contributed by atoms with van der Waals surface area (Å²) in [6.07, 6.45) is 1.73. The average Bonchev–Trinajstić information content (AvgIpc) is 2.51. The van der Waals surface area contributed by atoms with E-state index in [1.54, 1.807) is 18.6 Å². The van der Waals surface area contributed by atoms with Crippen molar-refractivity contribution in [2.45, 2.75) is 19.5 Å². The number of carbonyl (C=O) groups is 1. The van der Waals surface area contributed by atoms with Crippen molar-refractivity contribution in [2.75, 3.05) is 0 Å². The Morgan fingerprint density at radius 2 is 2.67 bits per heavy atom. The second kappa shape index (κ2) is 4.18. The molecule has 0 spiro atoms. The van der Waals surface area contributed by atoms with Gasteiger partial charge in [-0.1, -0.05) is 0 Å². The number of nitrogens with zero attached hydrogens (tertiary/aromatic N) is 1. The minimum absolute atomic E-state index is 0.136. The fourth-order valence-electron chi connectivity index (χ4n) is 0.665. The highest BCUT2D eigenvalue weighted by molar-refractivity contribution is 7.09. The van der Waals surface area contributed by atoms with E-state index in [1.807, 2.05) is 0 Å². The Bertz CT molecular complexity index is 245. The first-order valence-electron chi connectivity index (χ1n) is 3.61. The molecule has 66 valence electrons. The van der Waals surface area contributed by atoms with Crippen LogP contribution in [0.1, 0.15) is 11.8 Å². The van der Waals surface area contributed by atoms with Crippen LogP contribution in [0.3, 0.4) is 0 Å². The Balaban J connectivity index is 2.32. The molecule has 0 aliphatic heterocycles. The van der Waals surface area contributed by atoms with Crippen molar-refractivity contribution in [3.05, 3.63) is 16.6 Å². The molecule has 1 aromatic rings. The van der Waals surface area contributed by atoms with E-state index in [-0.39, 0.29) is 5.91 Å². The number of nitrogens with two attached hydrogens (primary N) is 1. The Labute approximate surface area is 74.8 Å². The maximum Gasteiger partial charge on any atom is 0.236 e. The molecular weight excluding hydrogens is 174 g/mol. The lowest BCUT2D eigenvalue weighted by Crippen LogP contribution is -2.37. The molecule has 4 nitrogen and oxygen atoms in total. The predicted molar refractivity (Wildman–Crippen MR) is 47.6 cm³/mol. The van der Waals surface area contributed by atoms with Crippen LogP contribution >= 0.6 is 11.3 Å². The summed E-state index contributed by atoms with van der Waals surface area (Å²) in [5, 5.41) is 2.69. The van der Waals surface area contributed by atoms with Crippen LogP contribution in [-0.4, -0.2) is 16.9 Å². The topological polar surface area (TPSA) is 68.0 Å². The van der Waals surface area contributed by atoms with Crippen molar-refractivity contribution in [1.82, 2.24) is 10.3 Å².